The van der Waals surface area contributed by atoms with E-state index < -0.39 is 0 Å². The molecule has 0 aromatic heterocycles. The van der Waals surface area contributed by atoms with Crippen LogP contribution in [0.3, 0.4) is 0 Å². The number of likely N-dealkylation sites (N-methyl/N-ethyl adjacent to an activating group) is 1. The Labute approximate surface area is 102 Å². The highest BCUT2D eigenvalue weighted by Crippen LogP contribution is 2.30. The van der Waals surface area contributed by atoms with Crippen molar-refractivity contribution in [1.29, 1.82) is 0 Å². The SMILES string of the molecule is CCNCCNc1cc(C)c(Cl)cc1OC. The molecule has 0 aliphatic carbocycles. The lowest BCUT2D eigenvalue weighted by Gasteiger charge is -2.13. The quantitative estimate of drug-likeness (QED) is 0.753. The Hall–Kier alpha value is -0.930. The first-order chi connectivity index (χ1) is 7.69. The van der Waals surface area contributed by atoms with Crippen LogP contribution in [-0.2, 0) is 0 Å². The normalized spacial score (nSPS) is 10.2. The second-order valence-electron chi connectivity index (χ2n) is 3.58. The molecule has 1 rings (SSSR count). The molecule has 90 valence electrons. The molecule has 0 fully saturated rings. The number of aryl methyl sites for hydroxylation is 1. The highest BCUT2D eigenvalue weighted by molar-refractivity contribution is 6.31. The van der Waals surface area contributed by atoms with Crippen molar-refractivity contribution in [3.8, 4) is 5.75 Å². The molecule has 0 spiro atoms. The number of anilines is 1. The van der Waals surface area contributed by atoms with Crippen molar-refractivity contribution in [1.82, 2.24) is 5.32 Å². The van der Waals surface area contributed by atoms with E-state index in [0.717, 1.165) is 41.7 Å². The van der Waals surface area contributed by atoms with Gasteiger partial charge in [0, 0.05) is 24.2 Å². The van der Waals surface area contributed by atoms with Gasteiger partial charge in [0.2, 0.25) is 0 Å². The monoisotopic (exact) mass is 242 g/mol. The van der Waals surface area contributed by atoms with Gasteiger partial charge in [-0.1, -0.05) is 18.5 Å². The van der Waals surface area contributed by atoms with Crippen molar-refractivity contribution in [2.24, 2.45) is 0 Å². The van der Waals surface area contributed by atoms with Crippen molar-refractivity contribution in [3.63, 3.8) is 0 Å². The molecule has 1 aromatic carbocycles. The van der Waals surface area contributed by atoms with E-state index >= 15 is 0 Å². The highest BCUT2D eigenvalue weighted by atomic mass is 35.5. The molecular weight excluding hydrogens is 224 g/mol. The van der Waals surface area contributed by atoms with Crippen molar-refractivity contribution in [3.05, 3.63) is 22.7 Å². The molecule has 0 radical (unpaired) electrons. The molecule has 0 unspecified atom stereocenters. The van der Waals surface area contributed by atoms with Gasteiger partial charge < -0.3 is 15.4 Å². The summed E-state index contributed by atoms with van der Waals surface area (Å²) < 4.78 is 5.27. The average Bonchev–Trinajstić information content (AvgIpc) is 2.28. The molecule has 0 amide bonds. The molecule has 2 N–H and O–H groups in total. The summed E-state index contributed by atoms with van der Waals surface area (Å²) in [7, 11) is 1.65. The molecule has 0 saturated carbocycles. The van der Waals surface area contributed by atoms with Gasteiger partial charge in [0.1, 0.15) is 5.75 Å². The first kappa shape index (κ1) is 13.1. The summed E-state index contributed by atoms with van der Waals surface area (Å²) >= 11 is 6.03. The lowest BCUT2D eigenvalue weighted by Crippen LogP contribution is -2.21. The molecule has 0 aliphatic heterocycles. The Morgan fingerprint density at radius 3 is 2.69 bits per heavy atom. The third-order valence-corrected chi connectivity index (χ3v) is 2.76. The molecule has 0 heterocycles. The zero-order valence-electron chi connectivity index (χ0n) is 10.1. The Morgan fingerprint density at radius 1 is 1.31 bits per heavy atom. The van der Waals surface area contributed by atoms with E-state index in [1.165, 1.54) is 0 Å². The van der Waals surface area contributed by atoms with Gasteiger partial charge in [0.25, 0.3) is 0 Å². The van der Waals surface area contributed by atoms with E-state index in [1.54, 1.807) is 7.11 Å². The summed E-state index contributed by atoms with van der Waals surface area (Å²) in [4.78, 5) is 0. The minimum atomic E-state index is 0.731. The number of benzene rings is 1. The van der Waals surface area contributed by atoms with Crippen LogP contribution in [0.15, 0.2) is 12.1 Å². The first-order valence-corrected chi connectivity index (χ1v) is 5.85. The van der Waals surface area contributed by atoms with Crippen molar-refractivity contribution < 1.29 is 4.74 Å². The summed E-state index contributed by atoms with van der Waals surface area (Å²) in [6, 6.07) is 3.85. The maximum absolute atomic E-state index is 6.03. The predicted molar refractivity (Wildman–Crippen MR) is 69.8 cm³/mol. The summed E-state index contributed by atoms with van der Waals surface area (Å²) in [5, 5.41) is 7.30. The van der Waals surface area contributed by atoms with Crippen molar-refractivity contribution >= 4 is 17.3 Å². The summed E-state index contributed by atoms with van der Waals surface area (Å²) in [6.45, 7) is 6.86. The standard InChI is InChI=1S/C12H19ClN2O/c1-4-14-5-6-15-11-7-9(2)10(13)8-12(11)16-3/h7-8,14-15H,4-6H2,1-3H3. The van der Waals surface area contributed by atoms with Crippen molar-refractivity contribution in [2.75, 3.05) is 32.1 Å². The van der Waals surface area contributed by atoms with Crippen LogP contribution >= 0.6 is 11.6 Å². The molecule has 4 heteroatoms. The summed E-state index contributed by atoms with van der Waals surface area (Å²) in [5.74, 6) is 0.784. The lowest BCUT2D eigenvalue weighted by atomic mass is 10.2. The number of halogens is 1. The Bertz CT molecular complexity index is 342. The number of hydrogen-bond acceptors (Lipinski definition) is 3. The molecule has 0 saturated heterocycles. The molecule has 16 heavy (non-hydrogen) atoms. The van der Waals surface area contributed by atoms with E-state index in [1.807, 2.05) is 19.1 Å². The van der Waals surface area contributed by atoms with Gasteiger partial charge >= 0.3 is 0 Å². The largest absolute Gasteiger partial charge is 0.495 e. The fraction of sp³-hybridized carbons (Fsp3) is 0.500. The van der Waals surface area contributed by atoms with E-state index in [0.29, 0.717) is 0 Å². The van der Waals surface area contributed by atoms with Gasteiger partial charge in [-0.15, -0.1) is 0 Å². The van der Waals surface area contributed by atoms with Crippen molar-refractivity contribution in [2.45, 2.75) is 13.8 Å². The van der Waals surface area contributed by atoms with Crippen LogP contribution in [0.25, 0.3) is 0 Å². The third-order valence-electron chi connectivity index (χ3n) is 2.35. The van der Waals surface area contributed by atoms with Crippen LogP contribution in [0, 0.1) is 6.92 Å². The molecule has 3 nitrogen and oxygen atoms in total. The van der Waals surface area contributed by atoms with Crippen LogP contribution < -0.4 is 15.4 Å². The third kappa shape index (κ3) is 3.58. The second-order valence-corrected chi connectivity index (χ2v) is 3.99. The Balaban J connectivity index is 2.66. The van der Waals surface area contributed by atoms with Crippen LogP contribution in [0.1, 0.15) is 12.5 Å². The van der Waals surface area contributed by atoms with Gasteiger partial charge in [0.15, 0.2) is 0 Å². The Kier molecular flexibility index (Phi) is 5.43. The molecule has 0 bridgehead atoms. The first-order valence-electron chi connectivity index (χ1n) is 5.47. The topological polar surface area (TPSA) is 33.3 Å². The summed E-state index contributed by atoms with van der Waals surface area (Å²) in [5.41, 5.74) is 2.04. The van der Waals surface area contributed by atoms with Crippen LogP contribution in [0.4, 0.5) is 5.69 Å². The average molecular weight is 243 g/mol. The maximum Gasteiger partial charge on any atom is 0.143 e. The van der Waals surface area contributed by atoms with Crippen LogP contribution in [-0.4, -0.2) is 26.7 Å². The molecule has 1 aromatic rings. The smallest absolute Gasteiger partial charge is 0.143 e. The van der Waals surface area contributed by atoms with Gasteiger partial charge in [0.05, 0.1) is 12.8 Å². The van der Waals surface area contributed by atoms with Crippen LogP contribution in [0.2, 0.25) is 5.02 Å². The van der Waals surface area contributed by atoms with Crippen LogP contribution in [0.5, 0.6) is 5.75 Å². The van der Waals surface area contributed by atoms with E-state index in [2.05, 4.69) is 17.6 Å². The zero-order valence-corrected chi connectivity index (χ0v) is 10.8. The predicted octanol–water partition coefficient (Wildman–Crippen LogP) is 2.68. The minimum Gasteiger partial charge on any atom is -0.495 e. The minimum absolute atomic E-state index is 0.731. The zero-order chi connectivity index (χ0) is 12.0. The summed E-state index contributed by atoms with van der Waals surface area (Å²) in [6.07, 6.45) is 0. The number of nitrogens with one attached hydrogen (secondary N) is 2. The van der Waals surface area contributed by atoms with Gasteiger partial charge in [-0.25, -0.2) is 0 Å². The molecule has 0 atom stereocenters. The fourth-order valence-electron chi connectivity index (χ4n) is 1.43. The fourth-order valence-corrected chi connectivity index (χ4v) is 1.59. The Morgan fingerprint density at radius 2 is 2.06 bits per heavy atom. The highest BCUT2D eigenvalue weighted by Gasteiger charge is 2.05. The van der Waals surface area contributed by atoms with Gasteiger partial charge in [-0.05, 0) is 25.1 Å². The second kappa shape index (κ2) is 6.61. The van der Waals surface area contributed by atoms with Gasteiger partial charge in [-0.3, -0.25) is 0 Å². The van der Waals surface area contributed by atoms with E-state index in [-0.39, 0.29) is 0 Å². The number of ether oxygens (including phenoxy) is 1. The number of rotatable bonds is 6. The number of hydrogen-bond donors (Lipinski definition) is 2. The maximum atomic E-state index is 6.03. The lowest BCUT2D eigenvalue weighted by molar-refractivity contribution is 0.416. The van der Waals surface area contributed by atoms with Gasteiger partial charge in [-0.2, -0.15) is 0 Å². The molecule has 0 aliphatic rings. The van der Waals surface area contributed by atoms with E-state index in [9.17, 15) is 0 Å². The number of methoxy groups -OCH3 is 1. The molecular formula is C12H19ClN2O. The van der Waals surface area contributed by atoms with E-state index in [4.69, 9.17) is 16.3 Å².